The Morgan fingerprint density at radius 1 is 1.11 bits per heavy atom. The summed E-state index contributed by atoms with van der Waals surface area (Å²) < 4.78 is 18.0. The molecule has 0 amide bonds. The van der Waals surface area contributed by atoms with E-state index in [1.165, 1.54) is 44.9 Å². The van der Waals surface area contributed by atoms with Gasteiger partial charge < -0.3 is 0 Å². The second kappa shape index (κ2) is 7.06. The van der Waals surface area contributed by atoms with Crippen LogP contribution in [0.1, 0.15) is 50.5 Å². The maximum absolute atomic E-state index is 11.0. The first-order valence-electron chi connectivity index (χ1n) is 6.87. The zero-order chi connectivity index (χ0) is 12.8. The molecular weight excluding hydrogens is 291 g/mol. The van der Waals surface area contributed by atoms with Crippen LogP contribution in [0, 0.1) is 6.92 Å². The van der Waals surface area contributed by atoms with Crippen molar-refractivity contribution in [2.75, 3.05) is 0 Å². The quantitative estimate of drug-likeness (QED) is 0.802. The molecule has 0 heterocycles. The molecule has 99 valence electrons. The minimum atomic E-state index is -0.664. The third-order valence-electron chi connectivity index (χ3n) is 3.59. The molecule has 0 aromatic heterocycles. The molecule has 0 N–H and O–H groups in total. The van der Waals surface area contributed by atoms with Gasteiger partial charge in [0.1, 0.15) is 0 Å². The molecule has 1 aromatic carbocycles. The minimum absolute atomic E-state index is 0.369. The molecule has 1 aromatic rings. The van der Waals surface area contributed by atoms with Gasteiger partial charge in [0.2, 0.25) is 0 Å². The number of ether oxygens (including phenoxy) is 1. The molecule has 1 saturated carbocycles. The van der Waals surface area contributed by atoms with E-state index in [0.29, 0.717) is 6.10 Å². The second-order valence-electron chi connectivity index (χ2n) is 5.10. The Kier molecular flexibility index (Phi) is 5.40. The van der Waals surface area contributed by atoms with Gasteiger partial charge in [0.15, 0.2) is 0 Å². The summed E-state index contributed by atoms with van der Waals surface area (Å²) in [5, 5.41) is 0. The zero-order valence-electron chi connectivity index (χ0n) is 11.0. The molecular formula is C15H21O2Se. The fourth-order valence-corrected chi connectivity index (χ4v) is 3.18. The number of rotatable bonds is 3. The van der Waals surface area contributed by atoms with Crippen LogP contribution in [0.4, 0.5) is 0 Å². The molecule has 0 unspecified atom stereocenters. The van der Waals surface area contributed by atoms with Crippen LogP contribution in [-0.4, -0.2) is 21.0 Å². The molecule has 2 nitrogen and oxygen atoms in total. The van der Waals surface area contributed by atoms with Crippen LogP contribution >= 0.6 is 0 Å². The van der Waals surface area contributed by atoms with Crippen molar-refractivity contribution in [3.63, 3.8) is 0 Å². The number of benzene rings is 1. The van der Waals surface area contributed by atoms with Gasteiger partial charge in [-0.2, -0.15) is 0 Å². The standard InChI is InChI=1S/C15H21O2Se/c1-12-11-14(9-10-15(12)18-16)17-13-7-5-3-2-4-6-8-13/h9-11,13H,2-8H2,1H3. The average molecular weight is 312 g/mol. The molecule has 0 atom stereocenters. The van der Waals surface area contributed by atoms with Gasteiger partial charge in [-0.1, -0.05) is 0 Å². The maximum atomic E-state index is 11.0. The predicted octanol–water partition coefficient (Wildman–Crippen LogP) is 3.16. The first kappa shape index (κ1) is 13.8. The summed E-state index contributed by atoms with van der Waals surface area (Å²) >= 11 is -0.664. The molecule has 18 heavy (non-hydrogen) atoms. The summed E-state index contributed by atoms with van der Waals surface area (Å²) in [5.74, 6) is 0.936. The van der Waals surface area contributed by atoms with Crippen LogP contribution in [0.3, 0.4) is 0 Å². The van der Waals surface area contributed by atoms with E-state index in [1.807, 2.05) is 25.1 Å². The first-order valence-corrected chi connectivity index (χ1v) is 8.42. The van der Waals surface area contributed by atoms with E-state index in [-0.39, 0.29) is 0 Å². The summed E-state index contributed by atoms with van der Waals surface area (Å²) in [6.07, 6.45) is 9.35. The SMILES string of the molecule is Cc1cc(OC2CCCCCCC2)ccc1[Se]=O. The molecule has 0 bridgehead atoms. The fourth-order valence-electron chi connectivity index (χ4n) is 2.52. The van der Waals surface area contributed by atoms with E-state index in [0.717, 1.165) is 15.8 Å². The summed E-state index contributed by atoms with van der Waals surface area (Å²) in [4.78, 5) is 0. The van der Waals surface area contributed by atoms with Crippen molar-refractivity contribution in [1.29, 1.82) is 0 Å². The van der Waals surface area contributed by atoms with Gasteiger partial charge in [-0.25, -0.2) is 0 Å². The number of aryl methyl sites for hydroxylation is 1. The third-order valence-corrected chi connectivity index (χ3v) is 4.93. The van der Waals surface area contributed by atoms with E-state index in [2.05, 4.69) is 0 Å². The fraction of sp³-hybridized carbons (Fsp3) is 0.600. The Morgan fingerprint density at radius 3 is 2.39 bits per heavy atom. The normalized spacial score (nSPS) is 17.8. The van der Waals surface area contributed by atoms with E-state index in [9.17, 15) is 3.83 Å². The van der Waals surface area contributed by atoms with Gasteiger partial charge in [-0.3, -0.25) is 0 Å². The second-order valence-corrected chi connectivity index (χ2v) is 6.37. The molecule has 2 rings (SSSR count). The van der Waals surface area contributed by atoms with E-state index >= 15 is 0 Å². The van der Waals surface area contributed by atoms with Crippen molar-refractivity contribution in [3.8, 4) is 5.75 Å². The summed E-state index contributed by atoms with van der Waals surface area (Å²) in [6.45, 7) is 2.00. The van der Waals surface area contributed by atoms with E-state index in [4.69, 9.17) is 4.74 Å². The van der Waals surface area contributed by atoms with Gasteiger partial charge in [-0.15, -0.1) is 0 Å². The van der Waals surface area contributed by atoms with Crippen LogP contribution in [-0.2, 0) is 3.83 Å². The number of hydrogen-bond acceptors (Lipinski definition) is 2. The molecule has 1 radical (unpaired) electrons. The Balaban J connectivity index is 1.98. The van der Waals surface area contributed by atoms with Gasteiger partial charge in [0.25, 0.3) is 0 Å². The molecule has 1 aliphatic rings. The van der Waals surface area contributed by atoms with Crippen LogP contribution < -0.4 is 9.20 Å². The third kappa shape index (κ3) is 3.93. The topological polar surface area (TPSA) is 26.3 Å². The van der Waals surface area contributed by atoms with Gasteiger partial charge >= 0.3 is 115 Å². The summed E-state index contributed by atoms with van der Waals surface area (Å²) in [5.41, 5.74) is 1.08. The molecule has 1 fully saturated rings. The van der Waals surface area contributed by atoms with Crippen molar-refractivity contribution in [2.24, 2.45) is 0 Å². The van der Waals surface area contributed by atoms with Crippen molar-refractivity contribution < 1.29 is 8.57 Å². The van der Waals surface area contributed by atoms with E-state index in [1.54, 1.807) is 0 Å². The Morgan fingerprint density at radius 2 is 1.78 bits per heavy atom. The molecule has 0 saturated heterocycles. The van der Waals surface area contributed by atoms with Crippen molar-refractivity contribution >= 4 is 19.4 Å². The molecule has 1 aliphatic carbocycles. The molecule has 0 aliphatic heterocycles. The predicted molar refractivity (Wildman–Crippen MR) is 74.0 cm³/mol. The van der Waals surface area contributed by atoms with Crippen LogP contribution in [0.5, 0.6) is 5.75 Å². The Bertz CT molecular complexity index is 395. The summed E-state index contributed by atoms with van der Waals surface area (Å²) in [6, 6.07) is 5.91. The Labute approximate surface area is 115 Å². The zero-order valence-corrected chi connectivity index (χ0v) is 12.7. The van der Waals surface area contributed by atoms with Crippen molar-refractivity contribution in [2.45, 2.75) is 58.0 Å². The number of hydrogen-bond donors (Lipinski definition) is 0. The first-order chi connectivity index (χ1) is 8.79. The molecule has 3 heteroatoms. The average Bonchev–Trinajstić information content (AvgIpc) is 2.33. The van der Waals surface area contributed by atoms with Crippen molar-refractivity contribution in [1.82, 2.24) is 0 Å². The van der Waals surface area contributed by atoms with E-state index < -0.39 is 14.9 Å². The van der Waals surface area contributed by atoms with Crippen LogP contribution in [0.2, 0.25) is 0 Å². The van der Waals surface area contributed by atoms with Crippen molar-refractivity contribution in [3.05, 3.63) is 23.8 Å². The Hall–Kier alpha value is -0.661. The monoisotopic (exact) mass is 313 g/mol. The van der Waals surface area contributed by atoms with Crippen LogP contribution in [0.25, 0.3) is 0 Å². The molecule has 0 spiro atoms. The van der Waals surface area contributed by atoms with Gasteiger partial charge in [0.05, 0.1) is 0 Å². The van der Waals surface area contributed by atoms with Gasteiger partial charge in [0, 0.05) is 0 Å². The van der Waals surface area contributed by atoms with Crippen LogP contribution in [0.15, 0.2) is 18.2 Å². The van der Waals surface area contributed by atoms with Gasteiger partial charge in [-0.05, 0) is 0 Å². The summed E-state index contributed by atoms with van der Waals surface area (Å²) in [7, 11) is 0.